The topological polar surface area (TPSA) is 53.0 Å². The van der Waals surface area contributed by atoms with Crippen LogP contribution in [0.4, 0.5) is 10.1 Å². The van der Waals surface area contributed by atoms with E-state index in [0.717, 1.165) is 43.7 Å². The Balaban J connectivity index is 1.48. The molecule has 6 heteroatoms. The summed E-state index contributed by atoms with van der Waals surface area (Å²) in [4.78, 5) is 17.6. The number of halogens is 1. The number of ether oxygens (including phenoxy) is 1. The van der Waals surface area contributed by atoms with Gasteiger partial charge in [-0.05, 0) is 66.9 Å². The van der Waals surface area contributed by atoms with E-state index in [4.69, 9.17) is 4.74 Å². The van der Waals surface area contributed by atoms with E-state index in [1.807, 2.05) is 47.4 Å². The van der Waals surface area contributed by atoms with Crippen LogP contribution in [0.3, 0.4) is 0 Å². The van der Waals surface area contributed by atoms with Crippen molar-refractivity contribution in [2.24, 2.45) is 0 Å². The molecule has 0 atom stereocenters. The maximum absolute atomic E-state index is 13.4. The smallest absolute Gasteiger partial charge is 0.258 e. The average molecular weight is 435 g/mol. The molecule has 0 saturated carbocycles. The van der Waals surface area contributed by atoms with Gasteiger partial charge in [-0.2, -0.15) is 0 Å². The molecule has 5 nitrogen and oxygen atoms in total. The van der Waals surface area contributed by atoms with Crippen molar-refractivity contribution in [3.8, 4) is 11.5 Å². The van der Waals surface area contributed by atoms with E-state index in [2.05, 4.69) is 4.90 Å². The Morgan fingerprint density at radius 2 is 1.75 bits per heavy atom. The second kappa shape index (κ2) is 9.83. The SMILES string of the molecule is COc1cc(CN2CCC(N(C(=O)c3ccc(F)cc3)c3ccccc3)CC2)ccc1O. The fourth-order valence-electron chi connectivity index (χ4n) is 4.23. The van der Waals surface area contributed by atoms with Crippen molar-refractivity contribution in [1.82, 2.24) is 4.90 Å². The lowest BCUT2D eigenvalue weighted by atomic mass is 10.00. The summed E-state index contributed by atoms with van der Waals surface area (Å²) in [6, 6.07) is 20.9. The zero-order valence-electron chi connectivity index (χ0n) is 18.1. The van der Waals surface area contributed by atoms with Gasteiger partial charge in [-0.15, -0.1) is 0 Å². The zero-order valence-corrected chi connectivity index (χ0v) is 18.1. The molecule has 1 aliphatic heterocycles. The molecule has 0 aliphatic carbocycles. The first-order valence-corrected chi connectivity index (χ1v) is 10.8. The van der Waals surface area contributed by atoms with Crippen LogP contribution in [-0.4, -0.2) is 42.2 Å². The monoisotopic (exact) mass is 434 g/mol. The highest BCUT2D eigenvalue weighted by molar-refractivity contribution is 6.06. The van der Waals surface area contributed by atoms with Crippen LogP contribution in [0, 0.1) is 5.82 Å². The molecule has 0 unspecified atom stereocenters. The third kappa shape index (κ3) is 4.92. The van der Waals surface area contributed by atoms with Gasteiger partial charge >= 0.3 is 0 Å². The number of carbonyl (C=O) groups is 1. The van der Waals surface area contributed by atoms with Gasteiger partial charge in [-0.3, -0.25) is 9.69 Å². The molecule has 4 rings (SSSR count). The molecule has 1 aliphatic rings. The van der Waals surface area contributed by atoms with Crippen LogP contribution in [0.1, 0.15) is 28.8 Å². The number of hydrogen-bond acceptors (Lipinski definition) is 4. The lowest BCUT2D eigenvalue weighted by Crippen LogP contribution is -2.47. The number of phenolic OH excluding ortho intramolecular Hbond substituents is 1. The highest BCUT2D eigenvalue weighted by Gasteiger charge is 2.30. The Labute approximate surface area is 187 Å². The largest absolute Gasteiger partial charge is 0.504 e. The maximum atomic E-state index is 13.4. The summed E-state index contributed by atoms with van der Waals surface area (Å²) < 4.78 is 18.6. The Bertz CT molecular complexity index is 1050. The first-order chi connectivity index (χ1) is 15.5. The highest BCUT2D eigenvalue weighted by atomic mass is 19.1. The Kier molecular flexibility index (Phi) is 6.71. The number of para-hydroxylation sites is 1. The van der Waals surface area contributed by atoms with Crippen LogP contribution >= 0.6 is 0 Å². The number of amides is 1. The van der Waals surface area contributed by atoms with Gasteiger partial charge in [0, 0.05) is 36.9 Å². The normalized spacial score (nSPS) is 14.8. The van der Waals surface area contributed by atoms with Crippen LogP contribution in [0.15, 0.2) is 72.8 Å². The number of nitrogens with zero attached hydrogens (tertiary/aromatic N) is 2. The summed E-state index contributed by atoms with van der Waals surface area (Å²) in [7, 11) is 1.54. The van der Waals surface area contributed by atoms with E-state index in [1.54, 1.807) is 25.3 Å². The summed E-state index contributed by atoms with van der Waals surface area (Å²) in [5.41, 5.74) is 2.40. The highest BCUT2D eigenvalue weighted by Crippen LogP contribution is 2.29. The first-order valence-electron chi connectivity index (χ1n) is 10.8. The van der Waals surface area contributed by atoms with Gasteiger partial charge in [0.25, 0.3) is 5.91 Å². The van der Waals surface area contributed by atoms with Crippen LogP contribution in [-0.2, 0) is 6.54 Å². The molecule has 0 spiro atoms. The van der Waals surface area contributed by atoms with Crippen molar-refractivity contribution in [2.75, 3.05) is 25.1 Å². The third-order valence-corrected chi connectivity index (χ3v) is 5.92. The Morgan fingerprint density at radius 3 is 2.41 bits per heavy atom. The molecule has 1 amide bonds. The molecule has 32 heavy (non-hydrogen) atoms. The van der Waals surface area contributed by atoms with Crippen molar-refractivity contribution in [3.05, 3.63) is 89.7 Å². The Hall–Kier alpha value is -3.38. The molecule has 1 saturated heterocycles. The molecule has 1 fully saturated rings. The summed E-state index contributed by atoms with van der Waals surface area (Å²) in [5.74, 6) is 0.134. The molecular formula is C26H27FN2O3. The van der Waals surface area contributed by atoms with Gasteiger partial charge < -0.3 is 14.7 Å². The predicted octanol–water partition coefficient (Wildman–Crippen LogP) is 4.85. The molecule has 0 radical (unpaired) electrons. The second-order valence-corrected chi connectivity index (χ2v) is 8.03. The van der Waals surface area contributed by atoms with E-state index in [9.17, 15) is 14.3 Å². The van der Waals surface area contributed by atoms with E-state index in [0.29, 0.717) is 11.3 Å². The molecule has 0 bridgehead atoms. The second-order valence-electron chi connectivity index (χ2n) is 8.03. The number of aromatic hydroxyl groups is 1. The summed E-state index contributed by atoms with van der Waals surface area (Å²) in [6.45, 7) is 2.43. The number of methoxy groups -OCH3 is 1. The van der Waals surface area contributed by atoms with Crippen molar-refractivity contribution in [2.45, 2.75) is 25.4 Å². The zero-order chi connectivity index (χ0) is 22.5. The molecule has 3 aromatic carbocycles. The lowest BCUT2D eigenvalue weighted by molar-refractivity contribution is 0.0958. The average Bonchev–Trinajstić information content (AvgIpc) is 2.82. The van der Waals surface area contributed by atoms with E-state index < -0.39 is 0 Å². The number of rotatable bonds is 6. The maximum Gasteiger partial charge on any atom is 0.258 e. The van der Waals surface area contributed by atoms with Gasteiger partial charge in [0.15, 0.2) is 11.5 Å². The minimum absolute atomic E-state index is 0.0561. The predicted molar refractivity (Wildman–Crippen MR) is 123 cm³/mol. The van der Waals surface area contributed by atoms with Crippen LogP contribution in [0.5, 0.6) is 11.5 Å². The summed E-state index contributed by atoms with van der Waals surface area (Å²) >= 11 is 0. The van der Waals surface area contributed by atoms with Crippen LogP contribution < -0.4 is 9.64 Å². The fourth-order valence-corrected chi connectivity index (χ4v) is 4.23. The minimum atomic E-state index is -0.355. The van der Waals surface area contributed by atoms with Crippen molar-refractivity contribution in [1.29, 1.82) is 0 Å². The summed E-state index contributed by atoms with van der Waals surface area (Å²) in [6.07, 6.45) is 1.66. The van der Waals surface area contributed by atoms with Gasteiger partial charge in [0.2, 0.25) is 0 Å². The molecular weight excluding hydrogens is 407 g/mol. The standard InChI is InChI=1S/C26H27FN2O3/c1-32-25-17-19(7-12-24(25)30)18-28-15-13-23(14-16-28)29(22-5-3-2-4-6-22)26(31)20-8-10-21(27)11-9-20/h2-12,17,23,30H,13-16,18H2,1H3. The third-order valence-electron chi connectivity index (χ3n) is 5.92. The fraction of sp³-hybridized carbons (Fsp3) is 0.269. The summed E-state index contributed by atoms with van der Waals surface area (Å²) in [5, 5.41) is 9.81. The number of carbonyl (C=O) groups excluding carboxylic acids is 1. The first kappa shape index (κ1) is 21.8. The van der Waals surface area contributed by atoms with E-state index in [1.165, 1.54) is 12.1 Å². The van der Waals surface area contributed by atoms with Gasteiger partial charge in [-0.1, -0.05) is 24.3 Å². The Morgan fingerprint density at radius 1 is 1.06 bits per heavy atom. The van der Waals surface area contributed by atoms with Crippen molar-refractivity contribution < 1.29 is 19.0 Å². The van der Waals surface area contributed by atoms with Gasteiger partial charge in [-0.25, -0.2) is 4.39 Å². The van der Waals surface area contributed by atoms with E-state index in [-0.39, 0.29) is 23.5 Å². The lowest BCUT2D eigenvalue weighted by Gasteiger charge is -2.38. The van der Waals surface area contributed by atoms with Crippen LogP contribution in [0.2, 0.25) is 0 Å². The molecule has 166 valence electrons. The minimum Gasteiger partial charge on any atom is -0.504 e. The molecule has 1 heterocycles. The number of anilines is 1. The molecule has 3 aromatic rings. The number of piperidine rings is 1. The number of hydrogen-bond donors (Lipinski definition) is 1. The van der Waals surface area contributed by atoms with Crippen molar-refractivity contribution >= 4 is 11.6 Å². The number of likely N-dealkylation sites (tertiary alicyclic amines) is 1. The van der Waals surface area contributed by atoms with E-state index >= 15 is 0 Å². The van der Waals surface area contributed by atoms with Gasteiger partial charge in [0.1, 0.15) is 5.82 Å². The molecule has 1 N–H and O–H groups in total. The van der Waals surface area contributed by atoms with Crippen LogP contribution in [0.25, 0.3) is 0 Å². The molecule has 0 aromatic heterocycles. The number of phenols is 1. The van der Waals surface area contributed by atoms with Gasteiger partial charge in [0.05, 0.1) is 7.11 Å². The number of benzene rings is 3. The van der Waals surface area contributed by atoms with Crippen molar-refractivity contribution in [3.63, 3.8) is 0 Å². The quantitative estimate of drug-likeness (QED) is 0.603.